The summed E-state index contributed by atoms with van der Waals surface area (Å²) in [6.07, 6.45) is 2.32. The lowest BCUT2D eigenvalue weighted by atomic mass is 10.0. The van der Waals surface area contributed by atoms with Crippen molar-refractivity contribution < 1.29 is 14.3 Å². The molecule has 0 spiro atoms. The lowest BCUT2D eigenvalue weighted by Crippen LogP contribution is -2.31. The maximum Gasteiger partial charge on any atom is 0.323 e. The van der Waals surface area contributed by atoms with E-state index in [1.54, 1.807) is 25.2 Å². The van der Waals surface area contributed by atoms with Crippen molar-refractivity contribution in [3.8, 4) is 11.5 Å². The molecule has 2 fully saturated rings. The van der Waals surface area contributed by atoms with E-state index in [-0.39, 0.29) is 17.9 Å². The summed E-state index contributed by atoms with van der Waals surface area (Å²) in [4.78, 5) is 13.8. The third-order valence-electron chi connectivity index (χ3n) is 3.93. The van der Waals surface area contributed by atoms with Crippen LogP contribution in [0, 0.1) is 11.3 Å². The molecular formula is C15H19N3O3. The molecule has 3 rings (SSSR count). The maximum atomic E-state index is 12.1. The van der Waals surface area contributed by atoms with Crippen molar-refractivity contribution in [2.45, 2.75) is 18.9 Å². The average Bonchev–Trinajstić information content (AvgIpc) is 3.25. The van der Waals surface area contributed by atoms with Gasteiger partial charge in [0.1, 0.15) is 23.4 Å². The molecule has 1 aliphatic carbocycles. The van der Waals surface area contributed by atoms with E-state index in [0.29, 0.717) is 24.0 Å². The van der Waals surface area contributed by atoms with Crippen molar-refractivity contribution in [3.63, 3.8) is 0 Å². The second-order valence-corrected chi connectivity index (χ2v) is 5.49. The Bertz CT molecular complexity index is 561. The van der Waals surface area contributed by atoms with Crippen LogP contribution in [0.2, 0.25) is 0 Å². The quantitative estimate of drug-likeness (QED) is 0.872. The number of benzene rings is 1. The first-order valence-electron chi connectivity index (χ1n) is 7.01. The van der Waals surface area contributed by atoms with Gasteiger partial charge in [-0.25, -0.2) is 4.79 Å². The van der Waals surface area contributed by atoms with E-state index >= 15 is 0 Å². The molecule has 1 saturated heterocycles. The highest BCUT2D eigenvalue weighted by atomic mass is 16.5. The van der Waals surface area contributed by atoms with E-state index in [0.717, 1.165) is 18.4 Å². The van der Waals surface area contributed by atoms with Crippen LogP contribution in [0.5, 0.6) is 11.5 Å². The Hall–Kier alpha value is -2.24. The molecule has 6 heteroatoms. The van der Waals surface area contributed by atoms with Crippen LogP contribution in [0.15, 0.2) is 18.2 Å². The van der Waals surface area contributed by atoms with E-state index in [9.17, 15) is 4.79 Å². The summed E-state index contributed by atoms with van der Waals surface area (Å²) in [6.45, 7) is 0.693. The number of urea groups is 1. The van der Waals surface area contributed by atoms with E-state index in [1.807, 2.05) is 12.1 Å². The van der Waals surface area contributed by atoms with Crippen molar-refractivity contribution in [2.75, 3.05) is 20.8 Å². The zero-order chi connectivity index (χ0) is 15.0. The largest absolute Gasteiger partial charge is 0.497 e. The summed E-state index contributed by atoms with van der Waals surface area (Å²) in [5.74, 6) is 2.08. The minimum atomic E-state index is -0.387. The minimum Gasteiger partial charge on any atom is -0.497 e. The minimum absolute atomic E-state index is 0.196. The predicted molar refractivity (Wildman–Crippen MR) is 78.0 cm³/mol. The number of methoxy groups -OCH3 is 2. The first kappa shape index (κ1) is 13.7. The molecule has 112 valence electrons. The smallest absolute Gasteiger partial charge is 0.323 e. The Morgan fingerprint density at radius 3 is 2.38 bits per heavy atom. The summed E-state index contributed by atoms with van der Waals surface area (Å²) in [6, 6.07) is 4.90. The summed E-state index contributed by atoms with van der Waals surface area (Å²) in [7, 11) is 3.17. The molecule has 1 saturated carbocycles. The summed E-state index contributed by atoms with van der Waals surface area (Å²) in [5.41, 5.74) is 0.829. The van der Waals surface area contributed by atoms with E-state index in [1.165, 1.54) is 0 Å². The number of hydrogen-bond acceptors (Lipinski definition) is 4. The standard InChI is InChI=1S/C15H19N3O3/c1-20-11-5-10(6-12(7-11)21-2)13-14(16)17-15(19)18(13)8-9-3-4-9/h5-7,9,13H,3-4,8H2,1-2H3,(H2,16,17,19). The molecule has 2 aliphatic rings. The fraction of sp³-hybridized carbons (Fsp3) is 0.467. The lowest BCUT2D eigenvalue weighted by molar-refractivity contribution is 0.203. The fourth-order valence-corrected chi connectivity index (χ4v) is 2.63. The monoisotopic (exact) mass is 289 g/mol. The maximum absolute atomic E-state index is 12.1. The van der Waals surface area contributed by atoms with Crippen molar-refractivity contribution in [1.82, 2.24) is 10.2 Å². The van der Waals surface area contributed by atoms with Crippen molar-refractivity contribution in [3.05, 3.63) is 23.8 Å². The van der Waals surface area contributed by atoms with E-state index in [2.05, 4.69) is 5.32 Å². The normalized spacial score (nSPS) is 21.4. The molecule has 0 aromatic heterocycles. The van der Waals surface area contributed by atoms with Gasteiger partial charge in [-0.2, -0.15) is 0 Å². The first-order valence-corrected chi connectivity index (χ1v) is 7.01. The molecule has 0 bridgehead atoms. The van der Waals surface area contributed by atoms with Gasteiger partial charge in [0.2, 0.25) is 0 Å². The molecule has 1 aromatic rings. The third kappa shape index (κ3) is 2.66. The zero-order valence-corrected chi connectivity index (χ0v) is 12.2. The average molecular weight is 289 g/mol. The van der Waals surface area contributed by atoms with Crippen LogP contribution in [-0.4, -0.2) is 37.5 Å². The molecule has 1 unspecified atom stereocenters. The molecule has 2 N–H and O–H groups in total. The number of carbonyl (C=O) groups excluding carboxylic acids is 1. The van der Waals surface area contributed by atoms with Crippen LogP contribution in [0.1, 0.15) is 24.4 Å². The first-order chi connectivity index (χ1) is 10.1. The van der Waals surface area contributed by atoms with Gasteiger partial charge in [-0.05, 0) is 36.5 Å². The third-order valence-corrected chi connectivity index (χ3v) is 3.93. The van der Waals surface area contributed by atoms with Crippen molar-refractivity contribution in [1.29, 1.82) is 5.41 Å². The molecular weight excluding hydrogens is 270 g/mol. The van der Waals surface area contributed by atoms with Gasteiger partial charge in [-0.3, -0.25) is 10.7 Å². The number of ether oxygens (including phenoxy) is 2. The Morgan fingerprint density at radius 1 is 1.24 bits per heavy atom. The summed E-state index contributed by atoms with van der Waals surface area (Å²) in [5, 5.41) is 10.7. The number of amides is 2. The molecule has 0 radical (unpaired) electrons. The molecule has 21 heavy (non-hydrogen) atoms. The Morgan fingerprint density at radius 2 is 1.86 bits per heavy atom. The highest BCUT2D eigenvalue weighted by molar-refractivity contribution is 6.06. The highest BCUT2D eigenvalue weighted by Crippen LogP contribution is 2.36. The Labute approximate surface area is 123 Å². The van der Waals surface area contributed by atoms with Crippen LogP contribution < -0.4 is 14.8 Å². The van der Waals surface area contributed by atoms with Crippen LogP contribution in [-0.2, 0) is 0 Å². The van der Waals surface area contributed by atoms with E-state index in [4.69, 9.17) is 14.9 Å². The van der Waals surface area contributed by atoms with Crippen molar-refractivity contribution in [2.24, 2.45) is 5.92 Å². The van der Waals surface area contributed by atoms with Gasteiger partial charge in [0, 0.05) is 12.6 Å². The van der Waals surface area contributed by atoms with Gasteiger partial charge in [-0.15, -0.1) is 0 Å². The van der Waals surface area contributed by atoms with Gasteiger partial charge >= 0.3 is 6.03 Å². The van der Waals surface area contributed by atoms with E-state index < -0.39 is 0 Å². The number of nitrogens with zero attached hydrogens (tertiary/aromatic N) is 1. The van der Waals surface area contributed by atoms with Crippen LogP contribution in [0.4, 0.5) is 4.79 Å². The van der Waals surface area contributed by atoms with Gasteiger partial charge in [-0.1, -0.05) is 0 Å². The topological polar surface area (TPSA) is 74.6 Å². The van der Waals surface area contributed by atoms with Crippen LogP contribution >= 0.6 is 0 Å². The van der Waals surface area contributed by atoms with Gasteiger partial charge in [0.25, 0.3) is 0 Å². The van der Waals surface area contributed by atoms with Crippen LogP contribution in [0.25, 0.3) is 0 Å². The summed E-state index contributed by atoms with van der Waals surface area (Å²) >= 11 is 0. The molecule has 2 amide bonds. The number of amidine groups is 1. The molecule has 6 nitrogen and oxygen atoms in total. The number of carbonyl (C=O) groups is 1. The molecule has 1 aliphatic heterocycles. The molecule has 1 heterocycles. The van der Waals surface area contributed by atoms with Crippen LogP contribution in [0.3, 0.4) is 0 Å². The SMILES string of the molecule is COc1cc(OC)cc(C2C(=N)NC(=O)N2CC2CC2)c1. The summed E-state index contributed by atoms with van der Waals surface area (Å²) < 4.78 is 10.5. The fourth-order valence-electron chi connectivity index (χ4n) is 2.63. The molecule has 1 atom stereocenters. The number of nitrogens with one attached hydrogen (secondary N) is 2. The molecule has 1 aromatic carbocycles. The second kappa shape index (κ2) is 5.27. The Balaban J connectivity index is 1.95. The van der Waals surface area contributed by atoms with Gasteiger partial charge < -0.3 is 14.4 Å². The second-order valence-electron chi connectivity index (χ2n) is 5.49. The highest BCUT2D eigenvalue weighted by Gasteiger charge is 2.40. The number of hydrogen-bond donors (Lipinski definition) is 2. The zero-order valence-electron chi connectivity index (χ0n) is 12.2. The van der Waals surface area contributed by atoms with Gasteiger partial charge in [0.15, 0.2) is 0 Å². The lowest BCUT2D eigenvalue weighted by Gasteiger charge is -2.23. The predicted octanol–water partition coefficient (Wildman–Crippen LogP) is 2.16. The van der Waals surface area contributed by atoms with Gasteiger partial charge in [0.05, 0.1) is 14.2 Å². The number of rotatable bonds is 5. The Kier molecular flexibility index (Phi) is 3.45. The van der Waals surface area contributed by atoms with Crippen molar-refractivity contribution >= 4 is 11.9 Å².